The molecule has 0 aliphatic carbocycles. The predicted octanol–water partition coefficient (Wildman–Crippen LogP) is 0.685. The molecule has 0 aromatic heterocycles. The number of nitrogens with one attached hydrogen (secondary N) is 2. The van der Waals surface area contributed by atoms with E-state index in [2.05, 4.69) is 17.6 Å². The Morgan fingerprint density at radius 2 is 2.28 bits per heavy atom. The van der Waals surface area contributed by atoms with E-state index in [9.17, 15) is 4.79 Å². The number of piperidine rings is 1. The van der Waals surface area contributed by atoms with Crippen LogP contribution in [0, 0.1) is 0 Å². The van der Waals surface area contributed by atoms with E-state index in [1.807, 2.05) is 6.92 Å². The first-order valence-corrected chi connectivity index (χ1v) is 6.86. The summed E-state index contributed by atoms with van der Waals surface area (Å²) in [5, 5.41) is 6.41. The normalized spacial score (nSPS) is 25.7. The number of hydrogen-bond acceptors (Lipinski definition) is 4. The maximum Gasteiger partial charge on any atom is 0.249 e. The van der Waals surface area contributed by atoms with Crippen molar-refractivity contribution in [3.05, 3.63) is 0 Å². The summed E-state index contributed by atoms with van der Waals surface area (Å²) in [6.07, 6.45) is 1.56. The summed E-state index contributed by atoms with van der Waals surface area (Å²) in [7, 11) is 0. The SMILES string of the molecule is CCOCCOC(C)C(=O)NC1CCNC(C)C1. The second kappa shape index (κ2) is 8.45. The van der Waals surface area contributed by atoms with Gasteiger partial charge in [0.25, 0.3) is 0 Å². The summed E-state index contributed by atoms with van der Waals surface area (Å²) in [4.78, 5) is 11.9. The molecule has 5 heteroatoms. The van der Waals surface area contributed by atoms with E-state index >= 15 is 0 Å². The van der Waals surface area contributed by atoms with Gasteiger partial charge in [-0.3, -0.25) is 4.79 Å². The van der Waals surface area contributed by atoms with Crippen LogP contribution in [0.2, 0.25) is 0 Å². The molecule has 0 aromatic rings. The minimum absolute atomic E-state index is 0.0226. The Kier molecular flexibility index (Phi) is 7.23. The molecule has 0 spiro atoms. The third-order valence-corrected chi connectivity index (χ3v) is 3.14. The van der Waals surface area contributed by atoms with Crippen LogP contribution in [-0.4, -0.2) is 50.5 Å². The Hall–Kier alpha value is -0.650. The lowest BCUT2D eigenvalue weighted by atomic mass is 10.0. The van der Waals surface area contributed by atoms with Crippen molar-refractivity contribution in [1.82, 2.24) is 10.6 Å². The zero-order chi connectivity index (χ0) is 13.4. The smallest absolute Gasteiger partial charge is 0.249 e. The topological polar surface area (TPSA) is 59.6 Å². The lowest BCUT2D eigenvalue weighted by Crippen LogP contribution is -2.49. The first-order chi connectivity index (χ1) is 8.63. The Morgan fingerprint density at radius 3 is 2.94 bits per heavy atom. The van der Waals surface area contributed by atoms with E-state index in [1.165, 1.54) is 0 Å². The van der Waals surface area contributed by atoms with Crippen molar-refractivity contribution in [3.8, 4) is 0 Å². The van der Waals surface area contributed by atoms with Gasteiger partial charge in [0.05, 0.1) is 13.2 Å². The largest absolute Gasteiger partial charge is 0.379 e. The monoisotopic (exact) mass is 258 g/mol. The number of carbonyl (C=O) groups excluding carboxylic acids is 1. The second-order valence-corrected chi connectivity index (χ2v) is 4.80. The summed E-state index contributed by atoms with van der Waals surface area (Å²) >= 11 is 0. The van der Waals surface area contributed by atoms with Crippen molar-refractivity contribution in [1.29, 1.82) is 0 Å². The van der Waals surface area contributed by atoms with Crippen molar-refractivity contribution < 1.29 is 14.3 Å². The Balaban J connectivity index is 2.18. The highest BCUT2D eigenvalue weighted by Gasteiger charge is 2.22. The Bertz CT molecular complexity index is 248. The number of amides is 1. The van der Waals surface area contributed by atoms with Gasteiger partial charge < -0.3 is 20.1 Å². The lowest BCUT2D eigenvalue weighted by Gasteiger charge is -2.29. The van der Waals surface area contributed by atoms with Gasteiger partial charge in [-0.25, -0.2) is 0 Å². The van der Waals surface area contributed by atoms with E-state index in [1.54, 1.807) is 6.92 Å². The van der Waals surface area contributed by atoms with Crippen LogP contribution >= 0.6 is 0 Å². The lowest BCUT2D eigenvalue weighted by molar-refractivity contribution is -0.133. The van der Waals surface area contributed by atoms with Crippen LogP contribution in [0.25, 0.3) is 0 Å². The number of rotatable bonds is 7. The number of ether oxygens (including phenoxy) is 2. The van der Waals surface area contributed by atoms with Gasteiger partial charge in [-0.1, -0.05) is 0 Å². The van der Waals surface area contributed by atoms with Crippen molar-refractivity contribution in [2.75, 3.05) is 26.4 Å². The van der Waals surface area contributed by atoms with Crippen LogP contribution in [0.3, 0.4) is 0 Å². The molecule has 3 unspecified atom stereocenters. The van der Waals surface area contributed by atoms with Crippen molar-refractivity contribution >= 4 is 5.91 Å². The van der Waals surface area contributed by atoms with E-state index in [0.29, 0.717) is 25.9 Å². The minimum atomic E-state index is -0.407. The van der Waals surface area contributed by atoms with Crippen LogP contribution in [0.5, 0.6) is 0 Å². The molecule has 1 rings (SSSR count). The van der Waals surface area contributed by atoms with Crippen LogP contribution in [-0.2, 0) is 14.3 Å². The molecule has 1 fully saturated rings. The highest BCUT2D eigenvalue weighted by Crippen LogP contribution is 2.08. The van der Waals surface area contributed by atoms with Gasteiger partial charge in [0, 0.05) is 18.7 Å². The minimum Gasteiger partial charge on any atom is -0.379 e. The van der Waals surface area contributed by atoms with Crippen LogP contribution in [0.15, 0.2) is 0 Å². The van der Waals surface area contributed by atoms with Crippen LogP contribution < -0.4 is 10.6 Å². The fourth-order valence-corrected chi connectivity index (χ4v) is 2.09. The van der Waals surface area contributed by atoms with Gasteiger partial charge in [-0.2, -0.15) is 0 Å². The zero-order valence-electron chi connectivity index (χ0n) is 11.7. The molecule has 18 heavy (non-hydrogen) atoms. The molecule has 3 atom stereocenters. The van der Waals surface area contributed by atoms with Crippen LogP contribution in [0.4, 0.5) is 0 Å². The highest BCUT2D eigenvalue weighted by atomic mass is 16.5. The quantitative estimate of drug-likeness (QED) is 0.660. The van der Waals surface area contributed by atoms with E-state index in [4.69, 9.17) is 9.47 Å². The maximum absolute atomic E-state index is 11.9. The summed E-state index contributed by atoms with van der Waals surface area (Å²) in [5.74, 6) is -0.0226. The molecule has 1 heterocycles. The molecular weight excluding hydrogens is 232 g/mol. The molecule has 5 nitrogen and oxygen atoms in total. The molecule has 1 aliphatic rings. The van der Waals surface area contributed by atoms with Crippen molar-refractivity contribution in [2.24, 2.45) is 0 Å². The Morgan fingerprint density at radius 1 is 1.50 bits per heavy atom. The average Bonchev–Trinajstić information content (AvgIpc) is 2.34. The number of hydrogen-bond donors (Lipinski definition) is 2. The first-order valence-electron chi connectivity index (χ1n) is 6.86. The van der Waals surface area contributed by atoms with E-state index in [-0.39, 0.29) is 11.9 Å². The first kappa shape index (κ1) is 15.4. The summed E-state index contributed by atoms with van der Waals surface area (Å²) in [6, 6.07) is 0.741. The molecule has 0 bridgehead atoms. The van der Waals surface area contributed by atoms with E-state index < -0.39 is 6.10 Å². The fourth-order valence-electron chi connectivity index (χ4n) is 2.09. The fraction of sp³-hybridized carbons (Fsp3) is 0.923. The maximum atomic E-state index is 11.9. The highest BCUT2D eigenvalue weighted by molar-refractivity contribution is 5.80. The van der Waals surface area contributed by atoms with Gasteiger partial charge in [0.2, 0.25) is 5.91 Å². The van der Waals surface area contributed by atoms with Gasteiger partial charge in [-0.05, 0) is 40.2 Å². The molecule has 0 aromatic carbocycles. The van der Waals surface area contributed by atoms with Crippen molar-refractivity contribution in [2.45, 2.75) is 51.8 Å². The number of carbonyl (C=O) groups is 1. The van der Waals surface area contributed by atoms with Gasteiger partial charge in [-0.15, -0.1) is 0 Å². The Labute approximate surface area is 110 Å². The molecule has 1 saturated heterocycles. The molecule has 1 amide bonds. The molecule has 2 N–H and O–H groups in total. The molecule has 106 valence electrons. The van der Waals surface area contributed by atoms with Gasteiger partial charge in [0.1, 0.15) is 6.10 Å². The molecule has 0 radical (unpaired) electrons. The average molecular weight is 258 g/mol. The third kappa shape index (κ3) is 5.80. The van der Waals surface area contributed by atoms with Crippen LogP contribution in [0.1, 0.15) is 33.6 Å². The van der Waals surface area contributed by atoms with E-state index in [0.717, 1.165) is 19.4 Å². The molecule has 0 saturated carbocycles. The summed E-state index contributed by atoms with van der Waals surface area (Å²) < 4.78 is 10.6. The third-order valence-electron chi connectivity index (χ3n) is 3.14. The molecule has 1 aliphatic heterocycles. The summed E-state index contributed by atoms with van der Waals surface area (Å²) in [6.45, 7) is 8.51. The van der Waals surface area contributed by atoms with Gasteiger partial charge >= 0.3 is 0 Å². The molecular formula is C13H26N2O3. The van der Waals surface area contributed by atoms with Crippen molar-refractivity contribution in [3.63, 3.8) is 0 Å². The summed E-state index contributed by atoms with van der Waals surface area (Å²) in [5.41, 5.74) is 0. The van der Waals surface area contributed by atoms with Gasteiger partial charge in [0.15, 0.2) is 0 Å². The second-order valence-electron chi connectivity index (χ2n) is 4.80. The predicted molar refractivity (Wildman–Crippen MR) is 70.5 cm³/mol. The zero-order valence-corrected chi connectivity index (χ0v) is 11.7. The standard InChI is InChI=1S/C13H26N2O3/c1-4-17-7-8-18-11(3)13(16)15-12-5-6-14-10(2)9-12/h10-12,14H,4-9H2,1-3H3,(H,15,16).